The standard InChI is InChI=1S/C14H10N2O.CO2/c1-11-4-2-6-13(16-11)14(17)8-7-12-5-3-9-15-10-12;2-1-3/h2-6,9-10H,1H3;. The van der Waals surface area contributed by atoms with Crippen molar-refractivity contribution in [3.8, 4) is 11.8 Å². The summed E-state index contributed by atoms with van der Waals surface area (Å²) in [4.78, 5) is 36.0. The highest BCUT2D eigenvalue weighted by molar-refractivity contribution is 6.07. The molecule has 2 heterocycles. The van der Waals surface area contributed by atoms with Gasteiger partial charge in [-0.25, -0.2) is 4.98 Å². The maximum absolute atomic E-state index is 11.7. The number of aryl methyl sites for hydroxylation is 1. The van der Waals surface area contributed by atoms with Gasteiger partial charge in [0, 0.05) is 23.7 Å². The molecule has 20 heavy (non-hydrogen) atoms. The molecule has 0 spiro atoms. The van der Waals surface area contributed by atoms with Crippen LogP contribution in [0.3, 0.4) is 0 Å². The summed E-state index contributed by atoms with van der Waals surface area (Å²) in [5.74, 6) is 5.03. The molecule has 2 aromatic heterocycles. The number of hydrogen-bond acceptors (Lipinski definition) is 5. The predicted molar refractivity (Wildman–Crippen MR) is 69.4 cm³/mol. The smallest absolute Gasteiger partial charge is 0.277 e. The molecule has 2 rings (SSSR count). The van der Waals surface area contributed by atoms with Crippen molar-refractivity contribution in [1.29, 1.82) is 0 Å². The van der Waals surface area contributed by atoms with Crippen LogP contribution in [0.25, 0.3) is 0 Å². The van der Waals surface area contributed by atoms with Gasteiger partial charge in [0.15, 0.2) is 0 Å². The lowest BCUT2D eigenvalue weighted by Gasteiger charge is -1.94. The van der Waals surface area contributed by atoms with Crippen LogP contribution in [0.5, 0.6) is 0 Å². The quantitative estimate of drug-likeness (QED) is 0.576. The van der Waals surface area contributed by atoms with E-state index < -0.39 is 0 Å². The Hall–Kier alpha value is -3.09. The number of Topliss-reactive ketones (excluding diaryl/α,β-unsaturated/α-hetero) is 1. The first-order chi connectivity index (χ1) is 9.67. The second-order valence-electron chi connectivity index (χ2n) is 3.57. The number of nitrogens with zero attached hydrogens (tertiary/aromatic N) is 2. The van der Waals surface area contributed by atoms with Crippen LogP contribution < -0.4 is 0 Å². The van der Waals surface area contributed by atoms with Gasteiger partial charge in [0.1, 0.15) is 5.69 Å². The average molecular weight is 266 g/mol. The molecule has 0 saturated carbocycles. The Labute approximate surface area is 115 Å². The second-order valence-corrected chi connectivity index (χ2v) is 3.57. The van der Waals surface area contributed by atoms with E-state index in [1.54, 1.807) is 36.7 Å². The third-order valence-corrected chi connectivity index (χ3v) is 2.10. The van der Waals surface area contributed by atoms with Gasteiger partial charge < -0.3 is 0 Å². The number of carbonyl (C=O) groups is 1. The Morgan fingerprint density at radius 3 is 2.50 bits per heavy atom. The SMILES string of the molecule is Cc1cccc(C(=O)C#Cc2cccnc2)n1.O=C=O. The van der Waals surface area contributed by atoms with E-state index in [2.05, 4.69) is 21.8 Å². The van der Waals surface area contributed by atoms with Gasteiger partial charge in [0.25, 0.3) is 5.78 Å². The van der Waals surface area contributed by atoms with E-state index in [1.165, 1.54) is 0 Å². The van der Waals surface area contributed by atoms with Crippen LogP contribution in [0, 0.1) is 18.8 Å². The minimum absolute atomic E-state index is 0.250. The van der Waals surface area contributed by atoms with Gasteiger partial charge in [-0.2, -0.15) is 9.59 Å². The summed E-state index contributed by atoms with van der Waals surface area (Å²) in [6, 6.07) is 8.87. The first kappa shape index (κ1) is 15.0. The Balaban J connectivity index is 0.000000612. The van der Waals surface area contributed by atoms with Crippen molar-refractivity contribution in [2.24, 2.45) is 0 Å². The summed E-state index contributed by atoms with van der Waals surface area (Å²) < 4.78 is 0. The van der Waals surface area contributed by atoms with Gasteiger partial charge in [0.05, 0.1) is 0 Å². The number of carbonyl (C=O) groups excluding carboxylic acids is 3. The summed E-state index contributed by atoms with van der Waals surface area (Å²) in [5, 5.41) is 0. The zero-order valence-corrected chi connectivity index (χ0v) is 10.7. The lowest BCUT2D eigenvalue weighted by Crippen LogP contribution is -1.99. The molecule has 5 nitrogen and oxygen atoms in total. The maximum atomic E-state index is 11.7. The summed E-state index contributed by atoms with van der Waals surface area (Å²) >= 11 is 0. The van der Waals surface area contributed by atoms with Gasteiger partial charge in [-0.1, -0.05) is 12.0 Å². The average Bonchev–Trinajstić information content (AvgIpc) is 2.47. The van der Waals surface area contributed by atoms with Crippen LogP contribution >= 0.6 is 0 Å². The molecule has 0 fully saturated rings. The fraction of sp³-hybridized carbons (Fsp3) is 0.0667. The molecule has 0 radical (unpaired) electrons. The monoisotopic (exact) mass is 266 g/mol. The zero-order valence-electron chi connectivity index (χ0n) is 10.7. The van der Waals surface area contributed by atoms with E-state index in [4.69, 9.17) is 9.59 Å². The largest absolute Gasteiger partial charge is 0.373 e. The van der Waals surface area contributed by atoms with Crippen LogP contribution in [-0.2, 0) is 9.59 Å². The van der Waals surface area contributed by atoms with Gasteiger partial charge >= 0.3 is 6.15 Å². The van der Waals surface area contributed by atoms with Crippen LogP contribution in [-0.4, -0.2) is 21.9 Å². The van der Waals surface area contributed by atoms with Gasteiger partial charge in [-0.3, -0.25) is 9.78 Å². The number of hydrogen-bond donors (Lipinski definition) is 0. The minimum Gasteiger partial charge on any atom is -0.277 e. The number of rotatable bonds is 1. The second kappa shape index (κ2) is 8.09. The topological polar surface area (TPSA) is 77.0 Å². The van der Waals surface area contributed by atoms with E-state index in [1.807, 2.05) is 13.0 Å². The van der Waals surface area contributed by atoms with Crippen molar-refractivity contribution >= 4 is 11.9 Å². The lowest BCUT2D eigenvalue weighted by molar-refractivity contribution is -0.191. The van der Waals surface area contributed by atoms with Crippen LogP contribution in [0.2, 0.25) is 0 Å². The predicted octanol–water partition coefficient (Wildman–Crippen LogP) is 1.44. The third-order valence-electron chi connectivity index (χ3n) is 2.10. The Morgan fingerprint density at radius 2 is 1.90 bits per heavy atom. The van der Waals surface area contributed by atoms with Crippen molar-refractivity contribution in [1.82, 2.24) is 9.97 Å². The fourth-order valence-corrected chi connectivity index (χ4v) is 1.30. The van der Waals surface area contributed by atoms with E-state index >= 15 is 0 Å². The maximum Gasteiger partial charge on any atom is 0.373 e. The third kappa shape index (κ3) is 5.05. The number of aromatic nitrogens is 2. The summed E-state index contributed by atoms with van der Waals surface area (Å²) in [6.07, 6.45) is 3.53. The summed E-state index contributed by atoms with van der Waals surface area (Å²) in [5.41, 5.74) is 1.90. The van der Waals surface area contributed by atoms with E-state index in [0.717, 1.165) is 5.69 Å². The highest BCUT2D eigenvalue weighted by Gasteiger charge is 2.02. The van der Waals surface area contributed by atoms with Crippen molar-refractivity contribution in [3.05, 3.63) is 59.7 Å². The molecular weight excluding hydrogens is 256 g/mol. The highest BCUT2D eigenvalue weighted by Crippen LogP contribution is 1.99. The Bertz CT molecular complexity index is 679. The Morgan fingerprint density at radius 1 is 1.15 bits per heavy atom. The summed E-state index contributed by atoms with van der Waals surface area (Å²) in [6.45, 7) is 1.84. The summed E-state index contributed by atoms with van der Waals surface area (Å²) in [7, 11) is 0. The number of pyridine rings is 2. The van der Waals surface area contributed by atoms with Crippen molar-refractivity contribution in [2.75, 3.05) is 0 Å². The van der Waals surface area contributed by atoms with Crippen LogP contribution in [0.4, 0.5) is 0 Å². The van der Waals surface area contributed by atoms with E-state index in [0.29, 0.717) is 11.3 Å². The van der Waals surface area contributed by atoms with E-state index in [-0.39, 0.29) is 11.9 Å². The fourth-order valence-electron chi connectivity index (χ4n) is 1.30. The first-order valence-electron chi connectivity index (χ1n) is 5.56. The molecule has 5 heteroatoms. The van der Waals surface area contributed by atoms with Crippen molar-refractivity contribution in [3.63, 3.8) is 0 Å². The zero-order chi connectivity index (χ0) is 14.8. The number of ketones is 1. The molecule has 0 amide bonds. The molecule has 0 atom stereocenters. The molecule has 2 aromatic rings. The highest BCUT2D eigenvalue weighted by atomic mass is 16.2. The first-order valence-corrected chi connectivity index (χ1v) is 5.56. The molecule has 0 unspecified atom stereocenters. The Kier molecular flexibility index (Phi) is 6.05. The van der Waals surface area contributed by atoms with Gasteiger partial charge in [0.2, 0.25) is 0 Å². The molecule has 0 saturated heterocycles. The van der Waals surface area contributed by atoms with Crippen LogP contribution in [0.1, 0.15) is 21.7 Å². The normalized spacial score (nSPS) is 8.25. The molecule has 0 aromatic carbocycles. The lowest BCUT2D eigenvalue weighted by atomic mass is 10.2. The van der Waals surface area contributed by atoms with Gasteiger partial charge in [-0.15, -0.1) is 0 Å². The van der Waals surface area contributed by atoms with Gasteiger partial charge in [-0.05, 0) is 37.1 Å². The molecule has 0 N–H and O–H groups in total. The molecule has 0 aliphatic carbocycles. The molecule has 0 bridgehead atoms. The van der Waals surface area contributed by atoms with E-state index in [9.17, 15) is 4.79 Å². The van der Waals surface area contributed by atoms with Crippen molar-refractivity contribution in [2.45, 2.75) is 6.92 Å². The molecule has 0 aliphatic rings. The minimum atomic E-state index is -0.280. The molecule has 0 aliphatic heterocycles. The van der Waals surface area contributed by atoms with Crippen molar-refractivity contribution < 1.29 is 14.4 Å². The molecular formula is C15H10N2O3. The molecule has 98 valence electrons. The van der Waals surface area contributed by atoms with Crippen LogP contribution in [0.15, 0.2) is 42.7 Å².